The van der Waals surface area contributed by atoms with Gasteiger partial charge in [-0.2, -0.15) is 0 Å². The van der Waals surface area contributed by atoms with Gasteiger partial charge in [-0.25, -0.2) is 9.97 Å². The van der Waals surface area contributed by atoms with Crippen molar-refractivity contribution in [3.63, 3.8) is 0 Å². The Hall–Kier alpha value is -1.46. The number of nitrogens with zero attached hydrogens (tertiary/aromatic N) is 2. The Labute approximate surface area is 118 Å². The lowest BCUT2D eigenvalue weighted by atomic mass is 10.0. The van der Waals surface area contributed by atoms with E-state index in [0.717, 1.165) is 34.8 Å². The van der Waals surface area contributed by atoms with Gasteiger partial charge < -0.3 is 11.1 Å². The maximum atomic E-state index is 6.01. The summed E-state index contributed by atoms with van der Waals surface area (Å²) in [5, 5.41) is 6.68. The SMILES string of the molecule is CCNC(Cc1csc(C)n1)c1cc(C)cnc1N. The molecule has 0 aliphatic rings. The first-order valence-electron chi connectivity index (χ1n) is 6.46. The third kappa shape index (κ3) is 3.52. The number of aryl methyl sites for hydroxylation is 2. The lowest BCUT2D eigenvalue weighted by molar-refractivity contribution is 0.545. The van der Waals surface area contributed by atoms with Crippen molar-refractivity contribution in [2.24, 2.45) is 0 Å². The molecule has 0 saturated carbocycles. The molecule has 19 heavy (non-hydrogen) atoms. The molecule has 5 heteroatoms. The van der Waals surface area contributed by atoms with E-state index >= 15 is 0 Å². The largest absolute Gasteiger partial charge is 0.383 e. The molecule has 3 N–H and O–H groups in total. The summed E-state index contributed by atoms with van der Waals surface area (Å²) < 4.78 is 0. The summed E-state index contributed by atoms with van der Waals surface area (Å²) in [4.78, 5) is 8.78. The van der Waals surface area contributed by atoms with Crippen LogP contribution in [0.3, 0.4) is 0 Å². The highest BCUT2D eigenvalue weighted by Crippen LogP contribution is 2.24. The molecule has 2 heterocycles. The van der Waals surface area contributed by atoms with Crippen LogP contribution in [0, 0.1) is 13.8 Å². The summed E-state index contributed by atoms with van der Waals surface area (Å²) in [7, 11) is 0. The van der Waals surface area contributed by atoms with E-state index in [9.17, 15) is 0 Å². The Kier molecular flexibility index (Phi) is 4.50. The minimum atomic E-state index is 0.166. The van der Waals surface area contributed by atoms with Crippen molar-refractivity contribution in [1.29, 1.82) is 0 Å². The molecule has 2 aromatic rings. The van der Waals surface area contributed by atoms with Crippen LogP contribution < -0.4 is 11.1 Å². The summed E-state index contributed by atoms with van der Waals surface area (Å²) in [5.41, 5.74) is 9.31. The number of rotatable bonds is 5. The van der Waals surface area contributed by atoms with Crippen molar-refractivity contribution in [3.05, 3.63) is 39.5 Å². The lowest BCUT2D eigenvalue weighted by Crippen LogP contribution is -2.24. The van der Waals surface area contributed by atoms with Gasteiger partial charge in [0.2, 0.25) is 0 Å². The Morgan fingerprint density at radius 1 is 1.42 bits per heavy atom. The van der Waals surface area contributed by atoms with E-state index in [4.69, 9.17) is 5.73 Å². The van der Waals surface area contributed by atoms with E-state index in [1.54, 1.807) is 17.5 Å². The number of pyridine rings is 1. The quantitative estimate of drug-likeness (QED) is 0.881. The third-order valence-corrected chi connectivity index (χ3v) is 3.81. The molecule has 0 radical (unpaired) electrons. The fourth-order valence-corrected chi connectivity index (χ4v) is 2.76. The number of nitrogens with two attached hydrogens (primary N) is 1. The summed E-state index contributed by atoms with van der Waals surface area (Å²) in [6.45, 7) is 7.05. The van der Waals surface area contributed by atoms with Crippen molar-refractivity contribution in [2.75, 3.05) is 12.3 Å². The molecule has 2 rings (SSSR count). The fourth-order valence-electron chi connectivity index (χ4n) is 2.13. The number of nitrogen functional groups attached to an aromatic ring is 1. The first-order chi connectivity index (χ1) is 9.10. The molecule has 0 fully saturated rings. The van der Waals surface area contributed by atoms with Gasteiger partial charge >= 0.3 is 0 Å². The highest BCUT2D eigenvalue weighted by atomic mass is 32.1. The van der Waals surface area contributed by atoms with Gasteiger partial charge in [-0.3, -0.25) is 0 Å². The van der Waals surface area contributed by atoms with Crippen molar-refractivity contribution in [1.82, 2.24) is 15.3 Å². The van der Waals surface area contributed by atoms with Gasteiger partial charge in [0.25, 0.3) is 0 Å². The fraction of sp³-hybridized carbons (Fsp3) is 0.429. The van der Waals surface area contributed by atoms with E-state index in [-0.39, 0.29) is 6.04 Å². The Morgan fingerprint density at radius 3 is 2.84 bits per heavy atom. The van der Waals surface area contributed by atoms with Crippen LogP contribution in [0.2, 0.25) is 0 Å². The average molecular weight is 276 g/mol. The van der Waals surface area contributed by atoms with Gasteiger partial charge in [-0.15, -0.1) is 11.3 Å². The zero-order valence-corrected chi connectivity index (χ0v) is 12.4. The van der Waals surface area contributed by atoms with Crippen LogP contribution in [0.5, 0.6) is 0 Å². The molecule has 1 unspecified atom stereocenters. The number of anilines is 1. The Balaban J connectivity index is 2.26. The molecule has 0 saturated heterocycles. The van der Waals surface area contributed by atoms with E-state index in [2.05, 4.69) is 33.7 Å². The lowest BCUT2D eigenvalue weighted by Gasteiger charge is -2.19. The molecule has 0 aromatic carbocycles. The second-order valence-electron chi connectivity index (χ2n) is 4.66. The molecule has 4 nitrogen and oxygen atoms in total. The van der Waals surface area contributed by atoms with Crippen LogP contribution in [-0.2, 0) is 6.42 Å². The standard InChI is InChI=1S/C14H20N4S/c1-4-16-13(6-11-8-19-10(3)18-11)12-5-9(2)7-17-14(12)15/h5,7-8,13,16H,4,6H2,1-3H3,(H2,15,17). The molecule has 0 aliphatic carbocycles. The second-order valence-corrected chi connectivity index (χ2v) is 5.72. The Bertz CT molecular complexity index is 550. The first-order valence-corrected chi connectivity index (χ1v) is 7.34. The second kappa shape index (κ2) is 6.12. The zero-order chi connectivity index (χ0) is 13.8. The monoisotopic (exact) mass is 276 g/mol. The number of aromatic nitrogens is 2. The van der Waals surface area contributed by atoms with Crippen molar-refractivity contribution in [3.8, 4) is 0 Å². The Morgan fingerprint density at radius 2 is 2.21 bits per heavy atom. The van der Waals surface area contributed by atoms with E-state index in [0.29, 0.717) is 5.82 Å². The topological polar surface area (TPSA) is 63.8 Å². The molecular weight excluding hydrogens is 256 g/mol. The minimum Gasteiger partial charge on any atom is -0.383 e. The van der Waals surface area contributed by atoms with Crippen LogP contribution >= 0.6 is 11.3 Å². The third-order valence-electron chi connectivity index (χ3n) is 2.99. The predicted molar refractivity (Wildman–Crippen MR) is 80.4 cm³/mol. The van der Waals surface area contributed by atoms with E-state index in [1.165, 1.54) is 0 Å². The van der Waals surface area contributed by atoms with Crippen LogP contribution in [0.4, 0.5) is 5.82 Å². The van der Waals surface area contributed by atoms with E-state index < -0.39 is 0 Å². The molecule has 0 amide bonds. The van der Waals surface area contributed by atoms with Gasteiger partial charge in [-0.05, 0) is 32.0 Å². The van der Waals surface area contributed by atoms with Crippen LogP contribution in [0.1, 0.15) is 34.8 Å². The molecule has 1 atom stereocenters. The van der Waals surface area contributed by atoms with Gasteiger partial charge in [0.05, 0.1) is 10.7 Å². The van der Waals surface area contributed by atoms with Gasteiger partial charge in [-0.1, -0.05) is 6.92 Å². The highest BCUT2D eigenvalue weighted by molar-refractivity contribution is 7.09. The summed E-state index contributed by atoms with van der Waals surface area (Å²) in [5.74, 6) is 0.600. The number of nitrogens with one attached hydrogen (secondary N) is 1. The van der Waals surface area contributed by atoms with E-state index in [1.807, 2.05) is 13.8 Å². The van der Waals surface area contributed by atoms with Crippen molar-refractivity contribution < 1.29 is 0 Å². The zero-order valence-electron chi connectivity index (χ0n) is 11.6. The van der Waals surface area contributed by atoms with Gasteiger partial charge in [0.15, 0.2) is 0 Å². The normalized spacial score (nSPS) is 12.6. The van der Waals surface area contributed by atoms with Gasteiger partial charge in [0, 0.05) is 29.6 Å². The molecular formula is C14H20N4S. The number of hydrogen-bond donors (Lipinski definition) is 2. The van der Waals surface area contributed by atoms with Crippen molar-refractivity contribution in [2.45, 2.75) is 33.2 Å². The highest BCUT2D eigenvalue weighted by Gasteiger charge is 2.16. The summed E-state index contributed by atoms with van der Waals surface area (Å²) >= 11 is 1.68. The molecule has 0 aliphatic heterocycles. The van der Waals surface area contributed by atoms with Crippen LogP contribution in [0.15, 0.2) is 17.6 Å². The summed E-state index contributed by atoms with van der Waals surface area (Å²) in [6.07, 6.45) is 2.64. The summed E-state index contributed by atoms with van der Waals surface area (Å²) in [6, 6.07) is 2.27. The van der Waals surface area contributed by atoms with Crippen LogP contribution in [-0.4, -0.2) is 16.5 Å². The predicted octanol–water partition coefficient (Wildman–Crippen LogP) is 2.63. The molecule has 2 aromatic heterocycles. The maximum absolute atomic E-state index is 6.01. The smallest absolute Gasteiger partial charge is 0.128 e. The number of thiazole rings is 1. The molecule has 0 bridgehead atoms. The van der Waals surface area contributed by atoms with Crippen LogP contribution in [0.25, 0.3) is 0 Å². The van der Waals surface area contributed by atoms with Crippen molar-refractivity contribution >= 4 is 17.2 Å². The number of hydrogen-bond acceptors (Lipinski definition) is 5. The maximum Gasteiger partial charge on any atom is 0.128 e. The minimum absolute atomic E-state index is 0.166. The molecule has 0 spiro atoms. The van der Waals surface area contributed by atoms with Gasteiger partial charge in [0.1, 0.15) is 5.82 Å². The number of likely N-dealkylation sites (N-methyl/N-ethyl adjacent to an activating group) is 1. The molecule has 102 valence electrons. The average Bonchev–Trinajstić information content (AvgIpc) is 2.77. The first kappa shape index (κ1) is 14.0.